The van der Waals surface area contributed by atoms with Gasteiger partial charge in [-0.15, -0.1) is 0 Å². The molecule has 0 aromatic carbocycles. The smallest absolute Gasteiger partial charge is 0.361 e. The summed E-state index contributed by atoms with van der Waals surface area (Å²) in [5, 5.41) is 9.77. The highest BCUT2D eigenvalue weighted by molar-refractivity contribution is 5.71. The number of hydrogen-bond donors (Lipinski definition) is 1. The molecule has 0 heterocycles. The molecular formula is C94H142NO8+. The van der Waals surface area contributed by atoms with E-state index >= 15 is 0 Å². The van der Waals surface area contributed by atoms with Gasteiger partial charge in [0.1, 0.15) is 13.2 Å². The van der Waals surface area contributed by atoms with E-state index in [9.17, 15) is 19.5 Å². The molecule has 570 valence electrons. The van der Waals surface area contributed by atoms with Gasteiger partial charge >= 0.3 is 17.9 Å². The first-order valence-corrected chi connectivity index (χ1v) is 39.5. The maximum atomic E-state index is 13.0. The Kier molecular flexibility index (Phi) is 74.5. The van der Waals surface area contributed by atoms with Crippen LogP contribution in [0.2, 0.25) is 0 Å². The molecule has 0 amide bonds. The van der Waals surface area contributed by atoms with E-state index in [1.807, 2.05) is 21.1 Å². The number of carboxylic acids is 1. The number of rotatable bonds is 69. The van der Waals surface area contributed by atoms with Gasteiger partial charge in [-0.2, -0.15) is 0 Å². The predicted octanol–water partition coefficient (Wildman–Crippen LogP) is 25.9. The standard InChI is InChI=1S/C94H141NO8/c1-6-8-10-12-14-16-18-20-22-24-26-28-30-32-34-36-38-40-42-44-45-46-47-49-51-53-55-57-59-61-63-65-67-69-71-73-75-77-79-81-83-85-92(97)103-90(89-102-94(93(98)99)100-87-86-95(3,4)5)88-101-91(96)84-82-80-78-76-74-72-70-68-66-64-62-60-58-56-54-52-50-48-43-41-39-37-35-33-31-29-27-25-23-21-19-17-15-13-11-9-7-2/h8-11,14-17,20-23,26-29,32-35,38-41,44-45,47-50,53-56,59-62,65-68,71,73,90,94H,6-7,12-13,18-19,24-25,30-31,36-37,42-43,46,51-52,57-58,63-64,69-70,72,74-89H2,1-5H3/p+1/b10-8-,11-9-,16-14-,17-15-,22-20-,23-21-,28-26-,29-27-,34-32-,35-33-,40-38-,41-39-,45-44-,49-47-,50-48-,55-53-,56-54-,61-59-,62-60-,67-65-,68-66-,73-71-. The fourth-order valence-electron chi connectivity index (χ4n) is 9.55. The summed E-state index contributed by atoms with van der Waals surface area (Å²) >= 11 is 0. The van der Waals surface area contributed by atoms with Crippen molar-refractivity contribution in [1.29, 1.82) is 0 Å². The molecule has 0 radical (unpaired) electrons. The minimum absolute atomic E-state index is 0.164. The molecule has 0 aliphatic rings. The Hall–Kier alpha value is -7.43. The fraction of sp³-hybridized carbons (Fsp3) is 0.500. The fourth-order valence-corrected chi connectivity index (χ4v) is 9.55. The number of carboxylic acid groups (broad SMARTS) is 1. The summed E-state index contributed by atoms with van der Waals surface area (Å²) in [7, 11) is 5.94. The summed E-state index contributed by atoms with van der Waals surface area (Å²) in [6.45, 7) is 4.56. The maximum Gasteiger partial charge on any atom is 0.361 e. The molecule has 0 aromatic rings. The van der Waals surface area contributed by atoms with Gasteiger partial charge in [-0.3, -0.25) is 9.59 Å². The molecule has 0 aliphatic carbocycles. The lowest BCUT2D eigenvalue weighted by atomic mass is 10.1. The van der Waals surface area contributed by atoms with E-state index < -0.39 is 24.3 Å². The number of carbonyl (C=O) groups excluding carboxylic acids is 2. The number of quaternary nitrogens is 1. The van der Waals surface area contributed by atoms with Crippen LogP contribution < -0.4 is 0 Å². The average molecular weight is 1410 g/mol. The normalized spacial score (nSPS) is 14.1. The van der Waals surface area contributed by atoms with Crippen LogP contribution in [-0.4, -0.2) is 87.4 Å². The van der Waals surface area contributed by atoms with Crippen molar-refractivity contribution in [3.63, 3.8) is 0 Å². The van der Waals surface area contributed by atoms with Crippen LogP contribution in [0.5, 0.6) is 0 Å². The minimum Gasteiger partial charge on any atom is -0.477 e. The van der Waals surface area contributed by atoms with Crippen molar-refractivity contribution in [3.8, 4) is 0 Å². The predicted molar refractivity (Wildman–Crippen MR) is 446 cm³/mol. The maximum absolute atomic E-state index is 13.0. The van der Waals surface area contributed by atoms with Gasteiger partial charge in [-0.05, 0) is 180 Å². The number of unbranched alkanes of at least 4 members (excludes halogenated alkanes) is 10. The lowest BCUT2D eigenvalue weighted by Gasteiger charge is -2.25. The van der Waals surface area contributed by atoms with Crippen LogP contribution in [-0.2, 0) is 33.3 Å². The Balaban J connectivity index is 4.27. The van der Waals surface area contributed by atoms with Crippen LogP contribution in [0.4, 0.5) is 0 Å². The zero-order valence-corrected chi connectivity index (χ0v) is 65.1. The van der Waals surface area contributed by atoms with Crippen LogP contribution in [0.15, 0.2) is 267 Å². The highest BCUT2D eigenvalue weighted by Gasteiger charge is 2.25. The van der Waals surface area contributed by atoms with Gasteiger partial charge < -0.3 is 28.5 Å². The molecule has 2 unspecified atom stereocenters. The number of carbonyl (C=O) groups is 3. The lowest BCUT2D eigenvalue weighted by Crippen LogP contribution is -2.40. The first kappa shape index (κ1) is 95.6. The molecule has 9 heteroatoms. The third-order valence-electron chi connectivity index (χ3n) is 15.5. The van der Waals surface area contributed by atoms with E-state index in [0.717, 1.165) is 205 Å². The van der Waals surface area contributed by atoms with Crippen LogP contribution in [0, 0.1) is 0 Å². The summed E-state index contributed by atoms with van der Waals surface area (Å²) in [4.78, 5) is 37.7. The second kappa shape index (κ2) is 80.3. The first-order chi connectivity index (χ1) is 50.6. The summed E-state index contributed by atoms with van der Waals surface area (Å²) < 4.78 is 22.9. The summed E-state index contributed by atoms with van der Waals surface area (Å²) in [5.74, 6) is -2.09. The highest BCUT2D eigenvalue weighted by Crippen LogP contribution is 2.14. The molecule has 9 nitrogen and oxygen atoms in total. The van der Waals surface area contributed by atoms with E-state index in [2.05, 4.69) is 281 Å². The van der Waals surface area contributed by atoms with Gasteiger partial charge in [-0.1, -0.05) is 320 Å². The van der Waals surface area contributed by atoms with E-state index in [4.69, 9.17) is 18.9 Å². The Bertz CT molecular complexity index is 2710. The summed E-state index contributed by atoms with van der Waals surface area (Å²) in [6.07, 6.45) is 129. The first-order valence-electron chi connectivity index (χ1n) is 39.5. The molecule has 0 saturated heterocycles. The number of aliphatic carboxylic acids is 1. The lowest BCUT2D eigenvalue weighted by molar-refractivity contribution is -0.870. The quantitative estimate of drug-likeness (QED) is 0.0211. The SMILES string of the molecule is CC/C=C\C/C=C\C/C=C\C/C=C\C/C=C\C/C=C\C/C=C\C/C=C\C/C=C\C/C=C\C/C=C\C/C=C\CCCCCCC(=O)OC(COC(=O)CCCCCCCC/C=C\C/C=C\C/C=C\C/C=C\C/C=C\C/C=C\C/C=C\C/C=C\C/C=C\C/C=C\CC)COC(OCC[N+](C)(C)C)C(=O)O. The van der Waals surface area contributed by atoms with Crippen molar-refractivity contribution in [2.45, 2.75) is 257 Å². The van der Waals surface area contributed by atoms with E-state index in [1.165, 1.54) is 0 Å². The van der Waals surface area contributed by atoms with Gasteiger partial charge in [0, 0.05) is 12.8 Å². The average Bonchev–Trinajstić information content (AvgIpc) is 1.01. The van der Waals surface area contributed by atoms with Crippen molar-refractivity contribution in [2.75, 3.05) is 47.5 Å². The number of nitrogens with zero attached hydrogens (tertiary/aromatic N) is 1. The molecule has 0 bridgehead atoms. The van der Waals surface area contributed by atoms with Gasteiger partial charge in [0.25, 0.3) is 6.29 Å². The molecule has 0 saturated carbocycles. The van der Waals surface area contributed by atoms with Gasteiger partial charge in [-0.25, -0.2) is 4.79 Å². The van der Waals surface area contributed by atoms with Crippen molar-refractivity contribution in [3.05, 3.63) is 267 Å². The summed E-state index contributed by atoms with van der Waals surface area (Å²) in [6, 6.07) is 0. The van der Waals surface area contributed by atoms with Crippen molar-refractivity contribution < 1.29 is 42.9 Å². The monoisotopic (exact) mass is 1410 g/mol. The Morgan fingerprint density at radius 2 is 0.524 bits per heavy atom. The zero-order valence-electron chi connectivity index (χ0n) is 65.1. The number of hydrogen-bond acceptors (Lipinski definition) is 7. The van der Waals surface area contributed by atoms with E-state index in [-0.39, 0.29) is 38.6 Å². The second-order valence-electron chi connectivity index (χ2n) is 26.2. The van der Waals surface area contributed by atoms with Crippen molar-refractivity contribution in [2.24, 2.45) is 0 Å². The second-order valence-corrected chi connectivity index (χ2v) is 26.2. The zero-order chi connectivity index (χ0) is 74.6. The summed E-state index contributed by atoms with van der Waals surface area (Å²) in [5.41, 5.74) is 0. The largest absolute Gasteiger partial charge is 0.477 e. The van der Waals surface area contributed by atoms with E-state index in [1.54, 1.807) is 0 Å². The number of ether oxygens (including phenoxy) is 4. The molecule has 2 atom stereocenters. The third kappa shape index (κ3) is 81.7. The van der Waals surface area contributed by atoms with E-state index in [0.29, 0.717) is 23.9 Å². The molecule has 0 fully saturated rings. The van der Waals surface area contributed by atoms with Crippen LogP contribution in [0.1, 0.15) is 245 Å². The van der Waals surface area contributed by atoms with Crippen LogP contribution in [0.25, 0.3) is 0 Å². The minimum atomic E-state index is -1.54. The number of allylic oxidation sites excluding steroid dienone is 44. The highest BCUT2D eigenvalue weighted by atomic mass is 16.7. The van der Waals surface area contributed by atoms with Gasteiger partial charge in [0.15, 0.2) is 6.10 Å². The molecule has 0 rings (SSSR count). The number of likely N-dealkylation sites (N-methyl/N-ethyl adjacent to an activating group) is 1. The van der Waals surface area contributed by atoms with Gasteiger partial charge in [0.05, 0.1) is 34.4 Å². The molecule has 0 aromatic heterocycles. The van der Waals surface area contributed by atoms with Crippen molar-refractivity contribution in [1.82, 2.24) is 0 Å². The molecule has 103 heavy (non-hydrogen) atoms. The van der Waals surface area contributed by atoms with Crippen molar-refractivity contribution >= 4 is 17.9 Å². The van der Waals surface area contributed by atoms with Crippen LogP contribution >= 0.6 is 0 Å². The molecular weight excluding hydrogens is 1270 g/mol. The third-order valence-corrected chi connectivity index (χ3v) is 15.5. The topological polar surface area (TPSA) is 108 Å². The Morgan fingerprint density at radius 1 is 0.291 bits per heavy atom. The van der Waals surface area contributed by atoms with Gasteiger partial charge in [0.2, 0.25) is 0 Å². The van der Waals surface area contributed by atoms with Crippen LogP contribution in [0.3, 0.4) is 0 Å². The molecule has 0 spiro atoms. The Labute approximate surface area is 629 Å². The Morgan fingerprint density at radius 3 is 0.777 bits per heavy atom. The number of esters is 2. The molecule has 1 N–H and O–H groups in total. The molecule has 0 aliphatic heterocycles.